The van der Waals surface area contributed by atoms with Crippen LogP contribution in [0.1, 0.15) is 6.42 Å². The zero-order valence-corrected chi connectivity index (χ0v) is 10.3. The van der Waals surface area contributed by atoms with Crippen LogP contribution in [0.15, 0.2) is 24.3 Å². The molecule has 3 heteroatoms. The second-order valence-electron chi connectivity index (χ2n) is 3.54. The van der Waals surface area contributed by atoms with Gasteiger partial charge in [0.25, 0.3) is 0 Å². The quantitative estimate of drug-likeness (QED) is 0.799. The molecule has 0 amide bonds. The molecule has 1 aliphatic heterocycles. The summed E-state index contributed by atoms with van der Waals surface area (Å²) in [5.74, 6) is 0. The molecule has 1 heterocycles. The van der Waals surface area contributed by atoms with Gasteiger partial charge in [-0.25, -0.2) is 0 Å². The summed E-state index contributed by atoms with van der Waals surface area (Å²) in [6.07, 6.45) is 1.24. The fourth-order valence-corrected chi connectivity index (χ4v) is 2.52. The number of rotatable bonds is 1. The Hall–Kier alpha value is -0.290. The Bertz CT molecular complexity index is 293. The smallest absolute Gasteiger partial charge is 0.0502 e. The number of para-hydroxylation sites is 1. The molecule has 1 aromatic rings. The minimum Gasteiger partial charge on any atom is -0.369 e. The first-order valence-electron chi connectivity index (χ1n) is 5.08. The molecule has 2 rings (SSSR count). The van der Waals surface area contributed by atoms with E-state index in [1.165, 1.54) is 22.2 Å². The molecule has 0 spiro atoms. The van der Waals surface area contributed by atoms with Crippen molar-refractivity contribution in [2.24, 2.45) is 0 Å². The molecule has 1 N–H and O–H groups in total. The second kappa shape index (κ2) is 4.98. The number of halogens is 1. The van der Waals surface area contributed by atoms with Crippen LogP contribution in [0.2, 0.25) is 0 Å². The Morgan fingerprint density at radius 2 is 2.00 bits per heavy atom. The number of nitrogens with zero attached hydrogens (tertiary/aromatic N) is 1. The number of benzene rings is 1. The highest BCUT2D eigenvalue weighted by molar-refractivity contribution is 14.1. The van der Waals surface area contributed by atoms with E-state index in [4.69, 9.17) is 0 Å². The average Bonchev–Trinajstić information content (AvgIpc) is 2.47. The summed E-state index contributed by atoms with van der Waals surface area (Å²) in [6, 6.07) is 8.61. The largest absolute Gasteiger partial charge is 0.369 e. The van der Waals surface area contributed by atoms with E-state index in [2.05, 4.69) is 57.1 Å². The zero-order chi connectivity index (χ0) is 9.80. The molecule has 0 saturated carbocycles. The van der Waals surface area contributed by atoms with Gasteiger partial charge in [0.05, 0.1) is 5.69 Å². The number of nitrogens with one attached hydrogen (secondary N) is 1. The second-order valence-corrected chi connectivity index (χ2v) is 4.70. The maximum atomic E-state index is 3.42. The molecule has 0 aromatic heterocycles. The van der Waals surface area contributed by atoms with Crippen molar-refractivity contribution < 1.29 is 0 Å². The van der Waals surface area contributed by atoms with Crippen LogP contribution in [0.25, 0.3) is 0 Å². The summed E-state index contributed by atoms with van der Waals surface area (Å²) in [5.41, 5.74) is 1.39. The van der Waals surface area contributed by atoms with Crippen molar-refractivity contribution in [1.82, 2.24) is 5.32 Å². The third-order valence-corrected chi connectivity index (χ3v) is 3.45. The third-order valence-electron chi connectivity index (χ3n) is 2.53. The van der Waals surface area contributed by atoms with E-state index >= 15 is 0 Å². The monoisotopic (exact) mass is 302 g/mol. The first-order chi connectivity index (χ1) is 6.88. The molecule has 2 nitrogen and oxygen atoms in total. The van der Waals surface area contributed by atoms with E-state index in [1.807, 2.05) is 0 Å². The molecule has 76 valence electrons. The van der Waals surface area contributed by atoms with Gasteiger partial charge in [0.2, 0.25) is 0 Å². The Morgan fingerprint density at radius 3 is 2.86 bits per heavy atom. The topological polar surface area (TPSA) is 15.3 Å². The predicted molar refractivity (Wildman–Crippen MR) is 68.9 cm³/mol. The van der Waals surface area contributed by atoms with E-state index < -0.39 is 0 Å². The molecule has 0 atom stereocenters. The summed E-state index contributed by atoms with van der Waals surface area (Å²) < 4.78 is 1.35. The van der Waals surface area contributed by atoms with Crippen molar-refractivity contribution in [2.75, 3.05) is 31.1 Å². The summed E-state index contributed by atoms with van der Waals surface area (Å²) in [5, 5.41) is 3.42. The normalized spacial score (nSPS) is 17.9. The first-order valence-corrected chi connectivity index (χ1v) is 6.16. The van der Waals surface area contributed by atoms with Gasteiger partial charge in [-0.3, -0.25) is 0 Å². The van der Waals surface area contributed by atoms with Crippen molar-refractivity contribution >= 4 is 28.3 Å². The van der Waals surface area contributed by atoms with Crippen molar-refractivity contribution in [1.29, 1.82) is 0 Å². The highest BCUT2D eigenvalue weighted by atomic mass is 127. The van der Waals surface area contributed by atoms with Gasteiger partial charge in [-0.2, -0.15) is 0 Å². The zero-order valence-electron chi connectivity index (χ0n) is 8.17. The summed E-state index contributed by atoms with van der Waals surface area (Å²) >= 11 is 2.41. The minimum absolute atomic E-state index is 1.10. The molecule has 0 radical (unpaired) electrons. The lowest BCUT2D eigenvalue weighted by Gasteiger charge is -2.23. The fourth-order valence-electron chi connectivity index (χ4n) is 1.79. The van der Waals surface area contributed by atoms with Crippen molar-refractivity contribution in [3.05, 3.63) is 27.8 Å². The van der Waals surface area contributed by atoms with Crippen molar-refractivity contribution in [3.63, 3.8) is 0 Å². The van der Waals surface area contributed by atoms with Crippen LogP contribution in [0, 0.1) is 3.57 Å². The maximum absolute atomic E-state index is 3.42. The Labute approximate surface area is 98.8 Å². The fraction of sp³-hybridized carbons (Fsp3) is 0.455. The van der Waals surface area contributed by atoms with Crippen molar-refractivity contribution in [2.45, 2.75) is 6.42 Å². The van der Waals surface area contributed by atoms with Gasteiger partial charge in [-0.15, -0.1) is 0 Å². The first kappa shape index (κ1) is 10.2. The predicted octanol–water partition coefficient (Wildman–Crippen LogP) is 2.09. The van der Waals surface area contributed by atoms with Crippen LogP contribution >= 0.6 is 22.6 Å². The summed E-state index contributed by atoms with van der Waals surface area (Å²) in [4.78, 5) is 2.47. The summed E-state index contributed by atoms with van der Waals surface area (Å²) in [6.45, 7) is 4.55. The molecule has 1 fully saturated rings. The Kier molecular flexibility index (Phi) is 3.64. The highest BCUT2D eigenvalue weighted by Crippen LogP contribution is 2.22. The van der Waals surface area contributed by atoms with Gasteiger partial charge in [-0.05, 0) is 47.7 Å². The van der Waals surface area contributed by atoms with E-state index in [0.717, 1.165) is 19.6 Å². The van der Waals surface area contributed by atoms with Gasteiger partial charge < -0.3 is 10.2 Å². The van der Waals surface area contributed by atoms with Crippen LogP contribution in [0.4, 0.5) is 5.69 Å². The van der Waals surface area contributed by atoms with E-state index in [-0.39, 0.29) is 0 Å². The van der Waals surface area contributed by atoms with Gasteiger partial charge >= 0.3 is 0 Å². The Morgan fingerprint density at radius 1 is 1.14 bits per heavy atom. The maximum Gasteiger partial charge on any atom is 0.0502 e. The van der Waals surface area contributed by atoms with Gasteiger partial charge in [-0.1, -0.05) is 12.1 Å². The van der Waals surface area contributed by atoms with Crippen LogP contribution in [0.5, 0.6) is 0 Å². The van der Waals surface area contributed by atoms with Crippen LogP contribution < -0.4 is 10.2 Å². The van der Waals surface area contributed by atoms with Gasteiger partial charge in [0.1, 0.15) is 0 Å². The molecule has 1 saturated heterocycles. The molecule has 0 aliphatic carbocycles. The number of anilines is 1. The van der Waals surface area contributed by atoms with Crippen molar-refractivity contribution in [3.8, 4) is 0 Å². The third kappa shape index (κ3) is 2.39. The van der Waals surface area contributed by atoms with E-state index in [1.54, 1.807) is 0 Å². The van der Waals surface area contributed by atoms with Gasteiger partial charge in [0.15, 0.2) is 0 Å². The van der Waals surface area contributed by atoms with Crippen LogP contribution in [-0.4, -0.2) is 26.2 Å². The molecule has 0 bridgehead atoms. The molecular weight excluding hydrogens is 287 g/mol. The molecule has 1 aromatic carbocycles. The lowest BCUT2D eigenvalue weighted by molar-refractivity contribution is 0.724. The lowest BCUT2D eigenvalue weighted by atomic mass is 10.3. The van der Waals surface area contributed by atoms with Crippen LogP contribution in [-0.2, 0) is 0 Å². The average molecular weight is 302 g/mol. The standard InChI is InChI=1S/C11H15IN2/c12-10-4-1-2-5-11(10)14-8-3-6-13-7-9-14/h1-2,4-5,13H,3,6-9H2. The molecule has 1 aliphatic rings. The van der Waals surface area contributed by atoms with E-state index in [9.17, 15) is 0 Å². The molecule has 0 unspecified atom stereocenters. The number of hydrogen-bond donors (Lipinski definition) is 1. The molecule has 14 heavy (non-hydrogen) atoms. The Balaban J connectivity index is 2.16. The SMILES string of the molecule is Ic1ccccc1N1CCCNCC1. The van der Waals surface area contributed by atoms with Gasteiger partial charge in [0, 0.05) is 23.2 Å². The highest BCUT2D eigenvalue weighted by Gasteiger charge is 2.10. The minimum atomic E-state index is 1.10. The van der Waals surface area contributed by atoms with Crippen LogP contribution in [0.3, 0.4) is 0 Å². The summed E-state index contributed by atoms with van der Waals surface area (Å²) in [7, 11) is 0. The molecular formula is C11H15IN2. The number of hydrogen-bond acceptors (Lipinski definition) is 2. The van der Waals surface area contributed by atoms with E-state index in [0.29, 0.717) is 0 Å². The lowest BCUT2D eigenvalue weighted by Crippen LogP contribution is -2.28.